The standard InChI is InChI=1S/C51H62F4N10O7/c1-24(2)43(60-50(68)69)48(66)63-14-8-10-41(63)46-56-35-18-29(31(52)20-37(35)58-46)39-12-13-40(65(39)28-16-33(54)45(34(55)17-28)62-22-26(5)72-27(6)23-62)30-19-36-38(21-32(30)53)59-47(57-36)42-11-9-15-64(42)49(67)44(25(3)4)61-51(70)71-7/h16-21,24-27,39-44,60H,8-15,22-23H2,1-7H3,(H,56,58)(H,57,59)(H,61,70)(H,68,69)/t26-,27+,39?,40?,41-,42-,43?,44?/m0/s1. The van der Waals surface area contributed by atoms with Crippen molar-refractivity contribution in [2.45, 2.75) is 129 Å². The number of carbonyl (C=O) groups is 4. The van der Waals surface area contributed by atoms with Gasteiger partial charge < -0.3 is 54.8 Å². The van der Waals surface area contributed by atoms with Gasteiger partial charge in [-0.25, -0.2) is 37.1 Å². The maximum absolute atomic E-state index is 16.8. The number of hydrogen-bond acceptors (Lipinski definition) is 10. The number of H-pyrrole nitrogens is 2. The van der Waals surface area contributed by atoms with Gasteiger partial charge in [0.1, 0.15) is 41.1 Å². The van der Waals surface area contributed by atoms with Gasteiger partial charge in [0.25, 0.3) is 0 Å². The average Bonchev–Trinajstić information content (AvgIpc) is 4.18. The SMILES string of the molecule is COC(=O)NC(C(=O)N1CCC[C@H]1c1nc2cc(C3CCC(c4cc5nc([C@@H]6CCCN6C(=O)C(NC(=O)O)C(C)C)[nH]c5cc4F)N3c3cc(F)c(N4C[C@@H](C)O[C@@H](C)C4)c(F)c3)c(F)cc2[nH]1)C(C)C. The van der Waals surface area contributed by atoms with Crippen LogP contribution in [0.25, 0.3) is 22.1 Å². The lowest BCUT2D eigenvalue weighted by atomic mass is 10.0. The molecular formula is C51H62F4N10O7. The van der Waals surface area contributed by atoms with Gasteiger partial charge in [-0.15, -0.1) is 0 Å². The first kappa shape index (κ1) is 50.3. The monoisotopic (exact) mass is 1000 g/mol. The fourth-order valence-electron chi connectivity index (χ4n) is 11.4. The van der Waals surface area contributed by atoms with Gasteiger partial charge in [0.2, 0.25) is 11.8 Å². The van der Waals surface area contributed by atoms with Gasteiger partial charge in [0.05, 0.1) is 65.6 Å². The van der Waals surface area contributed by atoms with Crippen LogP contribution in [0, 0.1) is 35.1 Å². The van der Waals surface area contributed by atoms with Crippen LogP contribution in [0.1, 0.15) is 127 Å². The minimum absolute atomic E-state index is 0.0650. The highest BCUT2D eigenvalue weighted by molar-refractivity contribution is 5.87. The van der Waals surface area contributed by atoms with E-state index in [-0.39, 0.29) is 78.4 Å². The van der Waals surface area contributed by atoms with E-state index in [1.165, 1.54) is 31.4 Å². The van der Waals surface area contributed by atoms with Gasteiger partial charge in [-0.1, -0.05) is 27.7 Å². The van der Waals surface area contributed by atoms with Crippen LogP contribution in [0.4, 0.5) is 38.5 Å². The highest BCUT2D eigenvalue weighted by Crippen LogP contribution is 2.50. The van der Waals surface area contributed by atoms with E-state index >= 15 is 17.6 Å². The summed E-state index contributed by atoms with van der Waals surface area (Å²) >= 11 is 0. The van der Waals surface area contributed by atoms with E-state index in [0.717, 1.165) is 0 Å². The van der Waals surface area contributed by atoms with E-state index in [0.29, 0.717) is 72.5 Å². The number of alkyl carbamates (subject to hydrolysis) is 1. The molecule has 2 aromatic heterocycles. The van der Waals surface area contributed by atoms with Crippen LogP contribution in [0.5, 0.6) is 0 Å². The van der Waals surface area contributed by atoms with Crippen molar-refractivity contribution in [3.8, 4) is 0 Å². The van der Waals surface area contributed by atoms with E-state index in [2.05, 4.69) is 20.6 Å². The number of halogens is 4. The number of amides is 4. The fraction of sp³-hybridized carbons (Fsp3) is 0.529. The van der Waals surface area contributed by atoms with Crippen molar-refractivity contribution < 1.29 is 51.3 Å². The van der Waals surface area contributed by atoms with Crippen LogP contribution in [0.2, 0.25) is 0 Å². The van der Waals surface area contributed by atoms with E-state index in [9.17, 15) is 24.3 Å². The van der Waals surface area contributed by atoms with E-state index in [1.54, 1.807) is 45.6 Å². The summed E-state index contributed by atoms with van der Waals surface area (Å²) in [5.41, 5.74) is 1.62. The number of carbonyl (C=O) groups excluding carboxylic acids is 3. The number of benzene rings is 3. The molecule has 386 valence electrons. The van der Waals surface area contributed by atoms with Crippen LogP contribution in [-0.4, -0.2) is 116 Å². The molecule has 5 N–H and O–H groups in total. The minimum Gasteiger partial charge on any atom is -0.465 e. The van der Waals surface area contributed by atoms with Crippen molar-refractivity contribution in [3.05, 3.63) is 82.4 Å². The molecule has 6 heterocycles. The zero-order valence-corrected chi connectivity index (χ0v) is 41.4. The Morgan fingerprint density at radius 2 is 1.14 bits per heavy atom. The Morgan fingerprint density at radius 3 is 1.57 bits per heavy atom. The van der Waals surface area contributed by atoms with Crippen LogP contribution >= 0.6 is 0 Å². The number of anilines is 2. The van der Waals surface area contributed by atoms with Gasteiger partial charge >= 0.3 is 12.2 Å². The molecular weight excluding hydrogens is 941 g/mol. The molecule has 9 rings (SSSR count). The zero-order chi connectivity index (χ0) is 51.4. The Labute approximate surface area is 414 Å². The van der Waals surface area contributed by atoms with Gasteiger partial charge in [0, 0.05) is 43.0 Å². The third kappa shape index (κ3) is 9.58. The molecule has 0 radical (unpaired) electrons. The molecule has 8 atom stereocenters. The number of ether oxygens (including phenoxy) is 2. The third-order valence-electron chi connectivity index (χ3n) is 14.7. The summed E-state index contributed by atoms with van der Waals surface area (Å²) in [4.78, 5) is 74.1. The lowest BCUT2D eigenvalue weighted by molar-refractivity contribution is -0.136. The number of likely N-dealkylation sites (tertiary alicyclic amines) is 2. The van der Waals surface area contributed by atoms with E-state index in [1.807, 2.05) is 27.7 Å². The van der Waals surface area contributed by atoms with Crippen LogP contribution in [0.3, 0.4) is 0 Å². The molecule has 4 aliphatic heterocycles. The van der Waals surface area contributed by atoms with Crippen LogP contribution < -0.4 is 20.4 Å². The predicted octanol–water partition coefficient (Wildman–Crippen LogP) is 8.69. The number of methoxy groups -OCH3 is 1. The molecule has 21 heteroatoms. The second-order valence-electron chi connectivity index (χ2n) is 20.4. The maximum atomic E-state index is 16.8. The molecule has 5 aromatic rings. The summed E-state index contributed by atoms with van der Waals surface area (Å²) < 4.78 is 77.5. The predicted molar refractivity (Wildman–Crippen MR) is 259 cm³/mol. The largest absolute Gasteiger partial charge is 0.465 e. The van der Waals surface area contributed by atoms with Crippen molar-refractivity contribution in [1.29, 1.82) is 0 Å². The first-order valence-corrected chi connectivity index (χ1v) is 24.8. The van der Waals surface area contributed by atoms with Crippen molar-refractivity contribution in [2.24, 2.45) is 11.8 Å². The molecule has 0 bridgehead atoms. The molecule has 72 heavy (non-hydrogen) atoms. The molecule has 0 aliphatic carbocycles. The van der Waals surface area contributed by atoms with Crippen molar-refractivity contribution in [2.75, 3.05) is 43.1 Å². The number of nitrogens with one attached hydrogen (secondary N) is 4. The summed E-state index contributed by atoms with van der Waals surface area (Å²) in [6, 6.07) is 3.55. The molecule has 17 nitrogen and oxygen atoms in total. The molecule has 4 unspecified atom stereocenters. The second kappa shape index (κ2) is 20.1. The molecule has 4 saturated heterocycles. The number of morpholine rings is 1. The number of carboxylic acid groups (broad SMARTS) is 1. The number of hydrogen-bond donors (Lipinski definition) is 5. The minimum atomic E-state index is -1.32. The number of fused-ring (bicyclic) bond motifs is 2. The summed E-state index contributed by atoms with van der Waals surface area (Å²) in [6.45, 7) is 12.1. The molecule has 3 aromatic carbocycles. The number of aromatic amines is 2. The van der Waals surface area contributed by atoms with Gasteiger partial charge in [-0.05, 0) is 101 Å². The summed E-state index contributed by atoms with van der Waals surface area (Å²) in [5.74, 6) is -3.43. The lowest BCUT2D eigenvalue weighted by Gasteiger charge is -2.38. The van der Waals surface area contributed by atoms with Crippen molar-refractivity contribution in [3.63, 3.8) is 0 Å². The van der Waals surface area contributed by atoms with Crippen LogP contribution in [0.15, 0.2) is 36.4 Å². The first-order valence-electron chi connectivity index (χ1n) is 24.8. The summed E-state index contributed by atoms with van der Waals surface area (Å²) in [5, 5.41) is 14.4. The molecule has 4 fully saturated rings. The normalized spacial score (nSPS) is 23.5. The van der Waals surface area contributed by atoms with Crippen LogP contribution in [-0.2, 0) is 19.1 Å². The Morgan fingerprint density at radius 1 is 0.681 bits per heavy atom. The number of rotatable bonds is 12. The van der Waals surface area contributed by atoms with E-state index in [4.69, 9.17) is 19.4 Å². The maximum Gasteiger partial charge on any atom is 0.407 e. The number of nitrogens with zero attached hydrogens (tertiary/aromatic N) is 6. The van der Waals surface area contributed by atoms with Gasteiger partial charge in [-0.2, -0.15) is 0 Å². The fourth-order valence-corrected chi connectivity index (χ4v) is 11.4. The highest BCUT2D eigenvalue weighted by Gasteiger charge is 2.42. The summed E-state index contributed by atoms with van der Waals surface area (Å²) in [7, 11) is 1.22. The summed E-state index contributed by atoms with van der Waals surface area (Å²) in [6.07, 6.45) is 0.242. The average molecular weight is 1000 g/mol. The number of aromatic nitrogens is 4. The van der Waals surface area contributed by atoms with Gasteiger partial charge in [-0.3, -0.25) is 9.59 Å². The zero-order valence-electron chi connectivity index (χ0n) is 41.4. The first-order chi connectivity index (χ1) is 34.3. The number of imidazole rings is 2. The van der Waals surface area contributed by atoms with Crippen molar-refractivity contribution in [1.82, 2.24) is 40.4 Å². The van der Waals surface area contributed by atoms with E-state index < -0.39 is 77.6 Å². The quantitative estimate of drug-likeness (QED) is 0.0749. The Hall–Kier alpha value is -6.64. The highest BCUT2D eigenvalue weighted by atomic mass is 19.1. The van der Waals surface area contributed by atoms with Gasteiger partial charge in [0.15, 0.2) is 11.6 Å². The Kier molecular flexibility index (Phi) is 14.0. The Bertz CT molecular complexity index is 2860. The smallest absolute Gasteiger partial charge is 0.407 e. The van der Waals surface area contributed by atoms with Crippen molar-refractivity contribution >= 4 is 57.4 Å². The second-order valence-corrected chi connectivity index (χ2v) is 20.4. The molecule has 0 spiro atoms. The third-order valence-corrected chi connectivity index (χ3v) is 14.7. The Balaban J connectivity index is 1.08. The topological polar surface area (TPSA) is 201 Å². The molecule has 4 amide bonds. The lowest BCUT2D eigenvalue weighted by Crippen LogP contribution is -2.51. The molecule has 4 aliphatic rings. The molecule has 0 saturated carbocycles.